The summed E-state index contributed by atoms with van der Waals surface area (Å²) in [5.41, 5.74) is 2.38. The number of carbonyl (C=O) groups is 1. The molecule has 0 unspecified atom stereocenters. The van der Waals surface area contributed by atoms with Crippen LogP contribution in [-0.2, 0) is 0 Å². The summed E-state index contributed by atoms with van der Waals surface area (Å²) in [6.45, 7) is 1.80. The van der Waals surface area contributed by atoms with Gasteiger partial charge in [-0.15, -0.1) is 0 Å². The van der Waals surface area contributed by atoms with E-state index in [1.54, 1.807) is 36.8 Å². The van der Waals surface area contributed by atoms with Crippen LogP contribution < -0.4 is 14.8 Å². The number of amides is 1. The molecular weight excluding hydrogens is 354 g/mol. The highest BCUT2D eigenvalue weighted by Gasteiger charge is 2.18. The summed E-state index contributed by atoms with van der Waals surface area (Å²) < 4.78 is 12.8. The third-order valence-electron chi connectivity index (χ3n) is 4.31. The molecule has 0 fully saturated rings. The van der Waals surface area contributed by atoms with E-state index < -0.39 is 0 Å². The van der Waals surface area contributed by atoms with Crippen LogP contribution in [0.5, 0.6) is 17.2 Å². The Bertz CT molecular complexity index is 1120. The number of imidazole rings is 1. The van der Waals surface area contributed by atoms with Gasteiger partial charge >= 0.3 is 0 Å². The van der Waals surface area contributed by atoms with Gasteiger partial charge in [-0.2, -0.15) is 0 Å². The molecule has 140 valence electrons. The topological polar surface area (TPSA) is 64.9 Å². The van der Waals surface area contributed by atoms with Crippen LogP contribution in [0, 0.1) is 6.92 Å². The highest BCUT2D eigenvalue weighted by atomic mass is 16.5. The molecule has 0 radical (unpaired) electrons. The molecule has 4 rings (SSSR count). The van der Waals surface area contributed by atoms with Gasteiger partial charge in [0.25, 0.3) is 5.91 Å². The van der Waals surface area contributed by atoms with E-state index in [0.29, 0.717) is 34.2 Å². The van der Waals surface area contributed by atoms with Gasteiger partial charge in [-0.3, -0.25) is 9.20 Å². The molecule has 6 heteroatoms. The van der Waals surface area contributed by atoms with Crippen molar-refractivity contribution < 1.29 is 14.3 Å². The number of anilines is 1. The van der Waals surface area contributed by atoms with E-state index in [-0.39, 0.29) is 5.91 Å². The first-order valence-electron chi connectivity index (χ1n) is 8.81. The molecule has 0 bridgehead atoms. The molecule has 0 saturated carbocycles. The summed E-state index contributed by atoms with van der Waals surface area (Å²) in [6.07, 6.45) is 1.80. The Kier molecular flexibility index (Phi) is 4.68. The van der Waals surface area contributed by atoms with Crippen molar-refractivity contribution in [2.45, 2.75) is 6.92 Å². The zero-order chi connectivity index (χ0) is 19.5. The van der Waals surface area contributed by atoms with Crippen LogP contribution in [0.15, 0.2) is 72.9 Å². The lowest BCUT2D eigenvalue weighted by molar-refractivity contribution is 0.102. The first kappa shape index (κ1) is 17.6. The molecule has 0 aliphatic rings. The maximum absolute atomic E-state index is 12.8. The number of fused-ring (bicyclic) bond motifs is 1. The molecule has 2 aromatic carbocycles. The fourth-order valence-corrected chi connectivity index (χ4v) is 3.01. The number of hydrogen-bond donors (Lipinski definition) is 1. The molecule has 0 aliphatic carbocycles. The number of benzene rings is 2. The van der Waals surface area contributed by atoms with E-state index in [2.05, 4.69) is 10.3 Å². The number of hydrogen-bond acceptors (Lipinski definition) is 4. The second kappa shape index (κ2) is 7.44. The first-order chi connectivity index (χ1) is 13.7. The lowest BCUT2D eigenvalue weighted by Gasteiger charge is -2.09. The Morgan fingerprint density at radius 1 is 0.964 bits per heavy atom. The van der Waals surface area contributed by atoms with Crippen LogP contribution >= 0.6 is 0 Å². The molecule has 4 aromatic rings. The normalized spacial score (nSPS) is 10.6. The Balaban J connectivity index is 1.54. The molecule has 6 nitrogen and oxygen atoms in total. The second-order valence-corrected chi connectivity index (χ2v) is 6.21. The van der Waals surface area contributed by atoms with Crippen LogP contribution in [0.2, 0.25) is 0 Å². The molecule has 2 aromatic heterocycles. The zero-order valence-electron chi connectivity index (χ0n) is 15.5. The number of nitrogens with one attached hydrogen (secondary N) is 1. The quantitative estimate of drug-likeness (QED) is 0.551. The molecule has 1 amide bonds. The third-order valence-corrected chi connectivity index (χ3v) is 4.31. The summed E-state index contributed by atoms with van der Waals surface area (Å²) >= 11 is 0. The maximum atomic E-state index is 12.8. The molecule has 0 atom stereocenters. The summed E-state index contributed by atoms with van der Waals surface area (Å²) in [4.78, 5) is 17.3. The number of methoxy groups -OCH3 is 1. The average molecular weight is 373 g/mol. The van der Waals surface area contributed by atoms with Crippen molar-refractivity contribution >= 4 is 17.2 Å². The third kappa shape index (κ3) is 3.40. The van der Waals surface area contributed by atoms with Gasteiger partial charge in [0, 0.05) is 11.9 Å². The number of pyridine rings is 1. The zero-order valence-corrected chi connectivity index (χ0v) is 15.5. The summed E-state index contributed by atoms with van der Waals surface area (Å²) in [7, 11) is 1.58. The van der Waals surface area contributed by atoms with Gasteiger partial charge in [0.1, 0.15) is 17.2 Å². The van der Waals surface area contributed by atoms with Crippen LogP contribution in [-0.4, -0.2) is 22.4 Å². The van der Waals surface area contributed by atoms with Crippen molar-refractivity contribution in [2.24, 2.45) is 0 Å². The molecule has 28 heavy (non-hydrogen) atoms. The molecule has 0 spiro atoms. The lowest BCUT2D eigenvalue weighted by atomic mass is 10.2. The van der Waals surface area contributed by atoms with Crippen LogP contribution in [0.3, 0.4) is 0 Å². The van der Waals surface area contributed by atoms with Crippen molar-refractivity contribution in [1.82, 2.24) is 9.38 Å². The largest absolute Gasteiger partial charge is 0.493 e. The number of rotatable bonds is 5. The number of nitrogens with zero attached hydrogens (tertiary/aromatic N) is 2. The molecular formula is C22H19N3O3. The molecule has 2 heterocycles. The molecule has 1 N–H and O–H groups in total. The Morgan fingerprint density at radius 3 is 2.39 bits per heavy atom. The minimum Gasteiger partial charge on any atom is -0.493 e. The minimum atomic E-state index is -0.241. The van der Waals surface area contributed by atoms with E-state index in [9.17, 15) is 4.79 Å². The SMILES string of the molecule is COc1cccn2c(C(=O)Nc3ccc(Oc4ccccc4)cc3)c(C)nc12. The fourth-order valence-electron chi connectivity index (χ4n) is 3.01. The van der Waals surface area contributed by atoms with E-state index >= 15 is 0 Å². The summed E-state index contributed by atoms with van der Waals surface area (Å²) in [5.74, 6) is 1.83. The fraction of sp³-hybridized carbons (Fsp3) is 0.0909. The highest BCUT2D eigenvalue weighted by Crippen LogP contribution is 2.24. The number of aryl methyl sites for hydroxylation is 1. The van der Waals surface area contributed by atoms with Crippen molar-refractivity contribution in [2.75, 3.05) is 12.4 Å². The molecule has 0 aliphatic heterocycles. The van der Waals surface area contributed by atoms with Crippen molar-refractivity contribution in [1.29, 1.82) is 0 Å². The summed E-state index contributed by atoms with van der Waals surface area (Å²) in [5, 5.41) is 2.91. The Labute approximate surface area is 162 Å². The van der Waals surface area contributed by atoms with Crippen LogP contribution in [0.1, 0.15) is 16.2 Å². The predicted molar refractivity (Wildman–Crippen MR) is 107 cm³/mol. The summed E-state index contributed by atoms with van der Waals surface area (Å²) in [6, 6.07) is 20.4. The van der Waals surface area contributed by atoms with Crippen molar-refractivity contribution in [3.63, 3.8) is 0 Å². The van der Waals surface area contributed by atoms with Crippen LogP contribution in [0.4, 0.5) is 5.69 Å². The van der Waals surface area contributed by atoms with E-state index in [1.165, 1.54) is 0 Å². The van der Waals surface area contributed by atoms with Gasteiger partial charge in [0.2, 0.25) is 0 Å². The monoisotopic (exact) mass is 373 g/mol. The second-order valence-electron chi connectivity index (χ2n) is 6.21. The standard InChI is InChI=1S/C22H19N3O3/c1-15-20(25-14-6-9-19(27-2)21(25)23-15)22(26)24-16-10-12-18(13-11-16)28-17-7-4-3-5-8-17/h3-14H,1-2H3,(H,24,26). The number of para-hydroxylation sites is 1. The van der Waals surface area contributed by atoms with Crippen molar-refractivity contribution in [3.05, 3.63) is 84.3 Å². The minimum absolute atomic E-state index is 0.241. The average Bonchev–Trinajstić information content (AvgIpc) is 3.06. The lowest BCUT2D eigenvalue weighted by Crippen LogP contribution is -2.15. The van der Waals surface area contributed by atoms with Gasteiger partial charge in [-0.05, 0) is 55.5 Å². The first-order valence-corrected chi connectivity index (χ1v) is 8.81. The number of carbonyl (C=O) groups excluding carboxylic acids is 1. The number of aromatic nitrogens is 2. The number of ether oxygens (including phenoxy) is 2. The van der Waals surface area contributed by atoms with Crippen LogP contribution in [0.25, 0.3) is 5.65 Å². The van der Waals surface area contributed by atoms with Gasteiger partial charge in [0.15, 0.2) is 11.4 Å². The van der Waals surface area contributed by atoms with Gasteiger partial charge in [0.05, 0.1) is 12.8 Å². The Hall–Kier alpha value is -3.80. The van der Waals surface area contributed by atoms with E-state index in [4.69, 9.17) is 9.47 Å². The van der Waals surface area contributed by atoms with E-state index in [1.807, 2.05) is 54.6 Å². The Morgan fingerprint density at radius 2 is 1.68 bits per heavy atom. The van der Waals surface area contributed by atoms with Crippen molar-refractivity contribution in [3.8, 4) is 17.2 Å². The van der Waals surface area contributed by atoms with Gasteiger partial charge in [-0.25, -0.2) is 4.98 Å². The van der Waals surface area contributed by atoms with Gasteiger partial charge in [-0.1, -0.05) is 18.2 Å². The molecule has 0 saturated heterocycles. The predicted octanol–water partition coefficient (Wildman–Crippen LogP) is 4.70. The van der Waals surface area contributed by atoms with E-state index in [0.717, 1.165) is 5.75 Å². The smallest absolute Gasteiger partial charge is 0.274 e. The van der Waals surface area contributed by atoms with Gasteiger partial charge < -0.3 is 14.8 Å². The maximum Gasteiger partial charge on any atom is 0.274 e. The highest BCUT2D eigenvalue weighted by molar-refractivity contribution is 6.04.